The van der Waals surface area contributed by atoms with Gasteiger partial charge in [-0.25, -0.2) is 4.98 Å². The van der Waals surface area contributed by atoms with Crippen LogP contribution < -0.4 is 0 Å². The first-order valence-corrected chi connectivity index (χ1v) is 5.12. The van der Waals surface area contributed by atoms with Gasteiger partial charge in [-0.15, -0.1) is 11.8 Å². The van der Waals surface area contributed by atoms with E-state index in [0.717, 1.165) is 5.56 Å². The number of carboxylic acids is 1. The molecule has 0 atom stereocenters. The van der Waals surface area contributed by atoms with Gasteiger partial charge in [-0.05, 0) is 11.6 Å². The van der Waals surface area contributed by atoms with Crippen LogP contribution in [0, 0.1) is 0 Å². The predicted octanol–water partition coefficient (Wildman–Crippen LogP) is 2.05. The van der Waals surface area contributed by atoms with Gasteiger partial charge in [0.2, 0.25) is 0 Å². The molecule has 0 radical (unpaired) electrons. The third-order valence-electron chi connectivity index (χ3n) is 1.32. The maximum Gasteiger partial charge on any atom is 0.313 e. The van der Waals surface area contributed by atoms with Crippen LogP contribution in [-0.2, 0) is 10.5 Å². The molecule has 1 N–H and O–H groups in total. The molecule has 70 valence electrons. The van der Waals surface area contributed by atoms with E-state index in [0.29, 0.717) is 10.9 Å². The van der Waals surface area contributed by atoms with Crippen LogP contribution in [-0.4, -0.2) is 21.8 Å². The van der Waals surface area contributed by atoms with Crippen LogP contribution in [0.15, 0.2) is 18.3 Å². The molecule has 5 heteroatoms. The van der Waals surface area contributed by atoms with E-state index in [4.69, 9.17) is 16.7 Å². The summed E-state index contributed by atoms with van der Waals surface area (Å²) in [7, 11) is 0. The van der Waals surface area contributed by atoms with Crippen molar-refractivity contribution >= 4 is 29.3 Å². The number of pyridine rings is 1. The molecule has 0 aliphatic carbocycles. The lowest BCUT2D eigenvalue weighted by Gasteiger charge is -2.00. The molecule has 1 aromatic heterocycles. The van der Waals surface area contributed by atoms with Crippen molar-refractivity contribution in [1.29, 1.82) is 0 Å². The highest BCUT2D eigenvalue weighted by Crippen LogP contribution is 2.18. The third kappa shape index (κ3) is 3.65. The lowest BCUT2D eigenvalue weighted by Crippen LogP contribution is -1.98. The maximum atomic E-state index is 10.2. The Morgan fingerprint density at radius 3 is 3.08 bits per heavy atom. The summed E-state index contributed by atoms with van der Waals surface area (Å²) >= 11 is 7.07. The molecule has 1 aromatic rings. The number of hydrogen-bond acceptors (Lipinski definition) is 3. The fraction of sp³-hybridized carbons (Fsp3) is 0.250. The first-order valence-electron chi connectivity index (χ1n) is 3.59. The molecule has 0 aliphatic heterocycles. The number of halogens is 1. The topological polar surface area (TPSA) is 50.2 Å². The van der Waals surface area contributed by atoms with Crippen LogP contribution >= 0.6 is 23.4 Å². The molecule has 0 amide bonds. The van der Waals surface area contributed by atoms with Crippen LogP contribution in [0.3, 0.4) is 0 Å². The molecular formula is C8H8ClNO2S. The smallest absolute Gasteiger partial charge is 0.313 e. The Balaban J connectivity index is 2.45. The zero-order valence-corrected chi connectivity index (χ0v) is 8.31. The highest BCUT2D eigenvalue weighted by molar-refractivity contribution is 7.99. The highest BCUT2D eigenvalue weighted by atomic mass is 35.5. The van der Waals surface area contributed by atoms with Gasteiger partial charge < -0.3 is 5.11 Å². The molecule has 0 bridgehead atoms. The van der Waals surface area contributed by atoms with Crippen molar-refractivity contribution in [2.24, 2.45) is 0 Å². The number of rotatable bonds is 4. The van der Waals surface area contributed by atoms with Crippen LogP contribution in [0.25, 0.3) is 0 Å². The summed E-state index contributed by atoms with van der Waals surface area (Å²) in [5.41, 5.74) is 0.871. The van der Waals surface area contributed by atoms with Crippen molar-refractivity contribution in [3.8, 4) is 0 Å². The van der Waals surface area contributed by atoms with Gasteiger partial charge in [-0.3, -0.25) is 4.79 Å². The Hall–Kier alpha value is -0.740. The number of nitrogens with zero attached hydrogens (tertiary/aromatic N) is 1. The monoisotopic (exact) mass is 217 g/mol. The van der Waals surface area contributed by atoms with E-state index in [9.17, 15) is 4.79 Å². The Kier molecular flexibility index (Phi) is 4.05. The summed E-state index contributed by atoms with van der Waals surface area (Å²) < 4.78 is 0. The first kappa shape index (κ1) is 10.3. The number of carbonyl (C=O) groups is 1. The van der Waals surface area contributed by atoms with Gasteiger partial charge in [-0.2, -0.15) is 0 Å². The molecule has 0 spiro atoms. The van der Waals surface area contributed by atoms with Gasteiger partial charge in [-0.1, -0.05) is 17.7 Å². The standard InChI is InChI=1S/C8H8ClNO2S/c9-8-6(2-1-3-10-8)4-13-5-7(11)12/h1-3H,4-5H2,(H,11,12). The SMILES string of the molecule is O=C(O)CSCc1cccnc1Cl. The Morgan fingerprint density at radius 1 is 1.69 bits per heavy atom. The minimum Gasteiger partial charge on any atom is -0.481 e. The number of hydrogen-bond donors (Lipinski definition) is 1. The summed E-state index contributed by atoms with van der Waals surface area (Å²) in [5, 5.41) is 8.84. The largest absolute Gasteiger partial charge is 0.481 e. The molecule has 1 rings (SSSR count). The van der Waals surface area contributed by atoms with Crippen molar-refractivity contribution < 1.29 is 9.90 Å². The van der Waals surface area contributed by atoms with Crippen LogP contribution in [0.5, 0.6) is 0 Å². The molecule has 0 unspecified atom stereocenters. The van der Waals surface area contributed by atoms with E-state index in [2.05, 4.69) is 4.98 Å². The second-order valence-corrected chi connectivity index (χ2v) is 3.68. The van der Waals surface area contributed by atoms with Gasteiger partial charge in [0.1, 0.15) is 5.15 Å². The Labute approximate surface area is 85.1 Å². The zero-order valence-electron chi connectivity index (χ0n) is 6.74. The van der Waals surface area contributed by atoms with Crippen molar-refractivity contribution in [2.75, 3.05) is 5.75 Å². The van der Waals surface area contributed by atoms with E-state index in [1.807, 2.05) is 6.07 Å². The van der Waals surface area contributed by atoms with Crippen molar-refractivity contribution in [2.45, 2.75) is 5.75 Å². The lowest BCUT2D eigenvalue weighted by molar-refractivity contribution is -0.133. The van der Waals surface area contributed by atoms with Crippen molar-refractivity contribution in [1.82, 2.24) is 4.98 Å². The van der Waals surface area contributed by atoms with Gasteiger partial charge in [0.25, 0.3) is 0 Å². The first-order chi connectivity index (χ1) is 6.20. The van der Waals surface area contributed by atoms with E-state index in [1.165, 1.54) is 11.8 Å². The molecule has 1 heterocycles. The maximum absolute atomic E-state index is 10.2. The third-order valence-corrected chi connectivity index (χ3v) is 2.63. The molecule has 0 saturated carbocycles. The van der Waals surface area contributed by atoms with E-state index >= 15 is 0 Å². The number of thioether (sulfide) groups is 1. The summed E-state index contributed by atoms with van der Waals surface area (Å²) in [6, 6.07) is 3.62. The second-order valence-electron chi connectivity index (χ2n) is 2.34. The highest BCUT2D eigenvalue weighted by Gasteiger charge is 2.02. The zero-order chi connectivity index (χ0) is 9.68. The quantitative estimate of drug-likeness (QED) is 0.785. The molecule has 0 aliphatic rings. The van der Waals surface area contributed by atoms with E-state index in [-0.39, 0.29) is 5.75 Å². The molecule has 0 fully saturated rings. The van der Waals surface area contributed by atoms with Crippen LogP contribution in [0.2, 0.25) is 5.15 Å². The van der Waals surface area contributed by atoms with Crippen molar-refractivity contribution in [3.05, 3.63) is 29.0 Å². The van der Waals surface area contributed by atoms with Gasteiger partial charge in [0.05, 0.1) is 5.75 Å². The molecule has 13 heavy (non-hydrogen) atoms. The average molecular weight is 218 g/mol. The summed E-state index contributed by atoms with van der Waals surface area (Å²) in [6.45, 7) is 0. The summed E-state index contributed by atoms with van der Waals surface area (Å²) in [4.78, 5) is 14.1. The number of carboxylic acid groups (broad SMARTS) is 1. The minimum atomic E-state index is -0.815. The molecule has 0 saturated heterocycles. The number of aliphatic carboxylic acids is 1. The Bertz CT molecular complexity index is 306. The van der Waals surface area contributed by atoms with E-state index in [1.54, 1.807) is 12.3 Å². The van der Waals surface area contributed by atoms with Crippen LogP contribution in [0.4, 0.5) is 0 Å². The van der Waals surface area contributed by atoms with E-state index < -0.39 is 5.97 Å². The van der Waals surface area contributed by atoms with Gasteiger partial charge in [0, 0.05) is 11.9 Å². The predicted molar refractivity (Wildman–Crippen MR) is 53.0 cm³/mol. The molecule has 3 nitrogen and oxygen atoms in total. The van der Waals surface area contributed by atoms with Gasteiger partial charge >= 0.3 is 5.97 Å². The van der Waals surface area contributed by atoms with Crippen molar-refractivity contribution in [3.63, 3.8) is 0 Å². The summed E-state index contributed by atoms with van der Waals surface area (Å²) in [6.07, 6.45) is 1.60. The van der Waals surface area contributed by atoms with Gasteiger partial charge in [0.15, 0.2) is 0 Å². The second kappa shape index (κ2) is 5.09. The Morgan fingerprint density at radius 2 is 2.46 bits per heavy atom. The normalized spacial score (nSPS) is 9.92. The lowest BCUT2D eigenvalue weighted by atomic mass is 10.3. The number of aromatic nitrogens is 1. The average Bonchev–Trinajstić information content (AvgIpc) is 2.08. The molecule has 0 aromatic carbocycles. The summed E-state index contributed by atoms with van der Waals surface area (Å²) in [5.74, 6) is -0.144. The fourth-order valence-electron chi connectivity index (χ4n) is 0.775. The fourth-order valence-corrected chi connectivity index (χ4v) is 1.77. The minimum absolute atomic E-state index is 0.0885. The van der Waals surface area contributed by atoms with Crippen LogP contribution in [0.1, 0.15) is 5.56 Å². The molecular weight excluding hydrogens is 210 g/mol.